The Balaban J connectivity index is 1.30. The molecule has 0 aliphatic carbocycles. The van der Waals surface area contributed by atoms with Crippen LogP contribution in [0.2, 0.25) is 0 Å². The summed E-state index contributed by atoms with van der Waals surface area (Å²) in [6.45, 7) is 6.52. The Bertz CT molecular complexity index is 1540. The molecule has 3 unspecified atom stereocenters. The largest absolute Gasteiger partial charge is 0.478 e. The van der Waals surface area contributed by atoms with Crippen molar-refractivity contribution in [3.05, 3.63) is 89.0 Å². The lowest BCUT2D eigenvalue weighted by atomic mass is 9.90. The summed E-state index contributed by atoms with van der Waals surface area (Å²) in [5, 5.41) is 12.2. The first-order chi connectivity index (χ1) is 19.8. The molecule has 9 heteroatoms. The number of anilines is 2. The van der Waals surface area contributed by atoms with Gasteiger partial charge in [0.05, 0.1) is 35.7 Å². The zero-order valence-corrected chi connectivity index (χ0v) is 23.0. The molecule has 6 rings (SSSR count). The Morgan fingerprint density at radius 3 is 2.49 bits per heavy atom. The molecule has 9 nitrogen and oxygen atoms in total. The van der Waals surface area contributed by atoms with Crippen LogP contribution in [-0.2, 0) is 20.7 Å². The van der Waals surface area contributed by atoms with Crippen LogP contribution in [-0.4, -0.2) is 71.9 Å². The summed E-state index contributed by atoms with van der Waals surface area (Å²) >= 11 is 0. The third-order valence-corrected chi connectivity index (χ3v) is 7.84. The van der Waals surface area contributed by atoms with Crippen LogP contribution in [0.15, 0.2) is 71.7 Å². The van der Waals surface area contributed by atoms with Crippen molar-refractivity contribution < 1.29 is 24.2 Å². The van der Waals surface area contributed by atoms with Gasteiger partial charge in [0.1, 0.15) is 5.92 Å². The molecule has 3 aliphatic heterocycles. The molecule has 41 heavy (non-hydrogen) atoms. The first-order valence-corrected chi connectivity index (χ1v) is 13.9. The van der Waals surface area contributed by atoms with Gasteiger partial charge in [0.15, 0.2) is 0 Å². The number of amides is 2. The smallest absolute Gasteiger partial charge is 0.335 e. The highest BCUT2D eigenvalue weighted by molar-refractivity contribution is 6.24. The minimum Gasteiger partial charge on any atom is -0.478 e. The van der Waals surface area contributed by atoms with Gasteiger partial charge < -0.3 is 20.1 Å². The number of fused-ring (bicyclic) bond motifs is 2. The van der Waals surface area contributed by atoms with Gasteiger partial charge in [-0.15, -0.1) is 0 Å². The van der Waals surface area contributed by atoms with E-state index in [0.717, 1.165) is 36.3 Å². The van der Waals surface area contributed by atoms with Gasteiger partial charge in [-0.05, 0) is 67.3 Å². The molecule has 0 aromatic heterocycles. The molecule has 2 amide bonds. The third kappa shape index (κ3) is 5.38. The molecule has 0 spiro atoms. The fourth-order valence-corrected chi connectivity index (χ4v) is 6.12. The summed E-state index contributed by atoms with van der Waals surface area (Å²) in [5.41, 5.74) is 5.28. The second-order valence-corrected chi connectivity index (χ2v) is 11.0. The van der Waals surface area contributed by atoms with E-state index in [4.69, 9.17) is 9.73 Å². The highest BCUT2D eigenvalue weighted by atomic mass is 16.5. The van der Waals surface area contributed by atoms with Crippen LogP contribution in [0, 0.1) is 0 Å². The second kappa shape index (κ2) is 10.9. The van der Waals surface area contributed by atoms with E-state index in [-0.39, 0.29) is 29.6 Å². The zero-order valence-electron chi connectivity index (χ0n) is 23.0. The van der Waals surface area contributed by atoms with Crippen LogP contribution in [0.4, 0.5) is 17.1 Å². The molecule has 3 aromatic rings. The molecule has 0 bridgehead atoms. The van der Waals surface area contributed by atoms with E-state index in [0.29, 0.717) is 35.7 Å². The zero-order chi connectivity index (χ0) is 28.7. The van der Waals surface area contributed by atoms with Crippen molar-refractivity contribution in [2.45, 2.75) is 38.4 Å². The number of rotatable bonds is 6. The third-order valence-electron chi connectivity index (χ3n) is 7.84. The van der Waals surface area contributed by atoms with E-state index < -0.39 is 11.9 Å². The summed E-state index contributed by atoms with van der Waals surface area (Å²) < 4.78 is 5.81. The number of carboxylic acid groups (broad SMARTS) is 1. The van der Waals surface area contributed by atoms with Gasteiger partial charge in [-0.2, -0.15) is 0 Å². The monoisotopic (exact) mass is 552 g/mol. The van der Waals surface area contributed by atoms with Gasteiger partial charge in [0.2, 0.25) is 11.8 Å². The highest BCUT2D eigenvalue weighted by Crippen LogP contribution is 2.38. The van der Waals surface area contributed by atoms with Crippen molar-refractivity contribution >= 4 is 40.6 Å². The van der Waals surface area contributed by atoms with Crippen molar-refractivity contribution in [3.63, 3.8) is 0 Å². The van der Waals surface area contributed by atoms with Crippen LogP contribution in [0.25, 0.3) is 0 Å². The molecule has 0 radical (unpaired) electrons. The van der Waals surface area contributed by atoms with Gasteiger partial charge >= 0.3 is 5.97 Å². The van der Waals surface area contributed by atoms with Crippen molar-refractivity contribution in [2.24, 2.45) is 4.99 Å². The fourth-order valence-electron chi connectivity index (χ4n) is 6.12. The average molecular weight is 553 g/mol. The van der Waals surface area contributed by atoms with Gasteiger partial charge in [0, 0.05) is 31.0 Å². The van der Waals surface area contributed by atoms with Crippen molar-refractivity contribution in [3.8, 4) is 0 Å². The molecule has 2 N–H and O–H groups in total. The first-order valence-electron chi connectivity index (χ1n) is 13.9. The van der Waals surface area contributed by atoms with E-state index in [1.54, 1.807) is 6.07 Å². The number of ether oxygens (including phenoxy) is 1. The van der Waals surface area contributed by atoms with Gasteiger partial charge in [0.25, 0.3) is 0 Å². The number of nitrogens with one attached hydrogen (secondary N) is 1. The van der Waals surface area contributed by atoms with Crippen LogP contribution in [0.3, 0.4) is 0 Å². The SMILES string of the molecule is CC1CN(CC(=O)N2CCc3cc(N=C(c4ccccc4)C4C(=O)Nc5cc(C(=O)O)ccc54)ccc32)CC(C)O1. The predicted molar refractivity (Wildman–Crippen MR) is 156 cm³/mol. The van der Waals surface area contributed by atoms with Crippen LogP contribution in [0.1, 0.15) is 46.8 Å². The number of aromatic carboxylic acids is 1. The van der Waals surface area contributed by atoms with E-state index in [2.05, 4.69) is 10.2 Å². The lowest BCUT2D eigenvalue weighted by Gasteiger charge is -2.35. The van der Waals surface area contributed by atoms with E-state index in [1.165, 1.54) is 12.1 Å². The van der Waals surface area contributed by atoms with Crippen LogP contribution in [0.5, 0.6) is 0 Å². The number of carboxylic acids is 1. The fraction of sp³-hybridized carbons (Fsp3) is 0.312. The van der Waals surface area contributed by atoms with Gasteiger partial charge in [-0.1, -0.05) is 36.4 Å². The maximum absolute atomic E-state index is 13.3. The Kier molecular flexibility index (Phi) is 7.15. The number of hydrogen-bond donors (Lipinski definition) is 2. The average Bonchev–Trinajstić information content (AvgIpc) is 3.51. The summed E-state index contributed by atoms with van der Waals surface area (Å²) in [6.07, 6.45) is 0.931. The quantitative estimate of drug-likeness (QED) is 0.443. The molecular weight excluding hydrogens is 520 g/mol. The maximum atomic E-state index is 13.3. The minimum atomic E-state index is -1.05. The molecule has 3 atom stereocenters. The summed E-state index contributed by atoms with van der Waals surface area (Å²) in [4.78, 5) is 47.0. The number of hydrogen-bond acceptors (Lipinski definition) is 6. The van der Waals surface area contributed by atoms with Crippen molar-refractivity contribution in [2.75, 3.05) is 36.4 Å². The van der Waals surface area contributed by atoms with Crippen LogP contribution >= 0.6 is 0 Å². The highest BCUT2D eigenvalue weighted by Gasteiger charge is 2.36. The Hall–Kier alpha value is -4.34. The molecule has 0 saturated carbocycles. The van der Waals surface area contributed by atoms with Crippen molar-refractivity contribution in [1.82, 2.24) is 4.90 Å². The Labute approximate surface area is 238 Å². The van der Waals surface area contributed by atoms with Gasteiger partial charge in [-0.3, -0.25) is 19.5 Å². The molecule has 3 aliphatic rings. The molecular formula is C32H32N4O5. The molecule has 210 valence electrons. The topological polar surface area (TPSA) is 112 Å². The molecule has 3 aromatic carbocycles. The van der Waals surface area contributed by atoms with E-state index in [1.807, 2.05) is 67.3 Å². The number of nitrogens with zero attached hydrogens (tertiary/aromatic N) is 3. The summed E-state index contributed by atoms with van der Waals surface area (Å²) in [7, 11) is 0. The van der Waals surface area contributed by atoms with Gasteiger partial charge in [-0.25, -0.2) is 4.79 Å². The summed E-state index contributed by atoms with van der Waals surface area (Å²) in [5.74, 6) is -1.93. The number of benzene rings is 3. The first kappa shape index (κ1) is 26.9. The van der Waals surface area contributed by atoms with Crippen molar-refractivity contribution in [1.29, 1.82) is 0 Å². The number of morpholine rings is 1. The normalized spacial score (nSPS) is 22.3. The lowest BCUT2D eigenvalue weighted by molar-refractivity contribution is -0.123. The lowest BCUT2D eigenvalue weighted by Crippen LogP contribution is -2.49. The van der Waals surface area contributed by atoms with E-state index >= 15 is 0 Å². The minimum absolute atomic E-state index is 0.0752. The summed E-state index contributed by atoms with van der Waals surface area (Å²) in [6, 6.07) is 20.0. The second-order valence-electron chi connectivity index (χ2n) is 11.0. The van der Waals surface area contributed by atoms with E-state index in [9.17, 15) is 19.5 Å². The van der Waals surface area contributed by atoms with Crippen LogP contribution < -0.4 is 10.2 Å². The molecule has 1 saturated heterocycles. The predicted octanol–water partition coefficient (Wildman–Crippen LogP) is 4.24. The Morgan fingerprint density at radius 2 is 1.76 bits per heavy atom. The maximum Gasteiger partial charge on any atom is 0.335 e. The molecule has 1 fully saturated rings. The Morgan fingerprint density at radius 1 is 1.00 bits per heavy atom. The number of carbonyl (C=O) groups is 3. The standard InChI is InChI=1S/C32H32N4O5/c1-19-16-35(17-20(2)41-19)18-28(37)36-13-12-22-14-24(9-11-27(22)36)33-30(21-6-4-3-5-7-21)29-25-10-8-23(32(39)40)15-26(25)34-31(29)38/h3-11,14-15,19-20,29H,12-13,16-18H2,1-2H3,(H,34,38)(H,39,40). The molecule has 3 heterocycles. The number of carbonyl (C=O) groups excluding carboxylic acids is 2. The number of aliphatic imine (C=N–C) groups is 1.